The Morgan fingerprint density at radius 3 is 2.69 bits per heavy atom. The minimum Gasteiger partial charge on any atom is -0.494 e. The standard InChI is InChI=1S/C13H16N2O/c1-4-16-13-6-10(2)5-11(7-13)12-8-14-15(3)9-12/h5-9H,4H2,1-3H3. The first-order valence-corrected chi connectivity index (χ1v) is 5.42. The molecule has 0 amide bonds. The molecule has 1 aromatic carbocycles. The van der Waals surface area contributed by atoms with Gasteiger partial charge in [-0.1, -0.05) is 6.07 Å². The SMILES string of the molecule is CCOc1cc(C)cc(-c2cnn(C)c2)c1. The molecular weight excluding hydrogens is 200 g/mol. The Kier molecular flexibility index (Phi) is 2.95. The van der Waals surface area contributed by atoms with Crippen LogP contribution in [0.15, 0.2) is 30.6 Å². The maximum Gasteiger partial charge on any atom is 0.120 e. The number of aromatic nitrogens is 2. The lowest BCUT2D eigenvalue weighted by molar-refractivity contribution is 0.340. The van der Waals surface area contributed by atoms with Crippen LogP contribution in [0.5, 0.6) is 5.75 Å². The Labute approximate surface area is 95.7 Å². The first kappa shape index (κ1) is 10.7. The topological polar surface area (TPSA) is 27.1 Å². The quantitative estimate of drug-likeness (QED) is 0.788. The van der Waals surface area contributed by atoms with Gasteiger partial charge in [-0.25, -0.2) is 0 Å². The predicted octanol–water partition coefficient (Wildman–Crippen LogP) is 2.79. The summed E-state index contributed by atoms with van der Waals surface area (Å²) in [6.07, 6.45) is 3.87. The van der Waals surface area contributed by atoms with Gasteiger partial charge in [0.25, 0.3) is 0 Å². The molecule has 0 unspecified atom stereocenters. The number of hydrogen-bond donors (Lipinski definition) is 0. The molecule has 0 spiro atoms. The zero-order chi connectivity index (χ0) is 11.5. The molecule has 0 atom stereocenters. The highest BCUT2D eigenvalue weighted by atomic mass is 16.5. The molecule has 3 heteroatoms. The molecule has 0 radical (unpaired) electrons. The zero-order valence-corrected chi connectivity index (χ0v) is 9.90. The number of hydrogen-bond acceptors (Lipinski definition) is 2. The second-order valence-electron chi connectivity index (χ2n) is 3.87. The molecule has 0 saturated heterocycles. The van der Waals surface area contributed by atoms with Gasteiger partial charge < -0.3 is 4.74 Å². The molecule has 0 fully saturated rings. The summed E-state index contributed by atoms with van der Waals surface area (Å²) in [6, 6.07) is 6.23. The zero-order valence-electron chi connectivity index (χ0n) is 9.90. The average Bonchev–Trinajstić information content (AvgIpc) is 2.64. The maximum atomic E-state index is 5.53. The molecular formula is C13H16N2O. The summed E-state index contributed by atoms with van der Waals surface area (Å²) >= 11 is 0. The van der Waals surface area contributed by atoms with Crippen molar-refractivity contribution in [2.45, 2.75) is 13.8 Å². The third-order valence-electron chi connectivity index (χ3n) is 2.40. The van der Waals surface area contributed by atoms with Gasteiger partial charge in [0.05, 0.1) is 12.8 Å². The van der Waals surface area contributed by atoms with Crippen molar-refractivity contribution in [3.8, 4) is 16.9 Å². The molecule has 3 nitrogen and oxygen atoms in total. The summed E-state index contributed by atoms with van der Waals surface area (Å²) in [4.78, 5) is 0. The predicted molar refractivity (Wildman–Crippen MR) is 64.6 cm³/mol. The molecule has 1 heterocycles. The van der Waals surface area contributed by atoms with E-state index in [1.165, 1.54) is 5.56 Å². The van der Waals surface area contributed by atoms with E-state index in [9.17, 15) is 0 Å². The van der Waals surface area contributed by atoms with E-state index in [1.54, 1.807) is 4.68 Å². The van der Waals surface area contributed by atoms with Gasteiger partial charge in [0.2, 0.25) is 0 Å². The molecule has 2 aromatic rings. The van der Waals surface area contributed by atoms with E-state index in [-0.39, 0.29) is 0 Å². The van der Waals surface area contributed by atoms with Crippen molar-refractivity contribution in [2.24, 2.45) is 7.05 Å². The van der Waals surface area contributed by atoms with Gasteiger partial charge in [0, 0.05) is 18.8 Å². The van der Waals surface area contributed by atoms with E-state index in [0.29, 0.717) is 6.61 Å². The fraction of sp³-hybridized carbons (Fsp3) is 0.308. The monoisotopic (exact) mass is 216 g/mol. The number of rotatable bonds is 3. The lowest BCUT2D eigenvalue weighted by atomic mass is 10.1. The summed E-state index contributed by atoms with van der Waals surface area (Å²) in [6.45, 7) is 4.75. The van der Waals surface area contributed by atoms with Crippen LogP contribution in [-0.4, -0.2) is 16.4 Å². The van der Waals surface area contributed by atoms with Crippen LogP contribution in [0.1, 0.15) is 12.5 Å². The van der Waals surface area contributed by atoms with Gasteiger partial charge in [-0.3, -0.25) is 4.68 Å². The Morgan fingerprint density at radius 1 is 1.25 bits per heavy atom. The first-order valence-electron chi connectivity index (χ1n) is 5.42. The van der Waals surface area contributed by atoms with Crippen LogP contribution >= 0.6 is 0 Å². The molecule has 0 bridgehead atoms. The second-order valence-corrected chi connectivity index (χ2v) is 3.87. The average molecular weight is 216 g/mol. The summed E-state index contributed by atoms with van der Waals surface area (Å²) in [5.74, 6) is 0.918. The normalized spacial score (nSPS) is 10.4. The van der Waals surface area contributed by atoms with Crippen LogP contribution in [-0.2, 0) is 7.05 Å². The smallest absolute Gasteiger partial charge is 0.120 e. The molecule has 16 heavy (non-hydrogen) atoms. The van der Waals surface area contributed by atoms with Crippen LogP contribution in [0, 0.1) is 6.92 Å². The Balaban J connectivity index is 2.40. The summed E-state index contributed by atoms with van der Waals surface area (Å²) in [5.41, 5.74) is 3.47. The molecule has 0 N–H and O–H groups in total. The first-order chi connectivity index (χ1) is 7.69. The molecule has 84 valence electrons. The van der Waals surface area contributed by atoms with E-state index in [1.807, 2.05) is 38.5 Å². The third kappa shape index (κ3) is 2.24. The van der Waals surface area contributed by atoms with Gasteiger partial charge in [-0.2, -0.15) is 5.10 Å². The minimum absolute atomic E-state index is 0.690. The number of nitrogens with zero attached hydrogens (tertiary/aromatic N) is 2. The van der Waals surface area contributed by atoms with Crippen LogP contribution < -0.4 is 4.74 Å². The molecule has 0 aliphatic heterocycles. The van der Waals surface area contributed by atoms with Gasteiger partial charge in [-0.15, -0.1) is 0 Å². The minimum atomic E-state index is 0.690. The van der Waals surface area contributed by atoms with Crippen molar-refractivity contribution in [3.63, 3.8) is 0 Å². The summed E-state index contributed by atoms with van der Waals surface area (Å²) in [5, 5.41) is 4.17. The number of benzene rings is 1. The van der Waals surface area contributed by atoms with Crippen LogP contribution in [0.3, 0.4) is 0 Å². The van der Waals surface area contributed by atoms with Crippen LogP contribution in [0.2, 0.25) is 0 Å². The highest BCUT2D eigenvalue weighted by Gasteiger charge is 2.03. The van der Waals surface area contributed by atoms with Gasteiger partial charge in [0.15, 0.2) is 0 Å². The Bertz CT molecular complexity index is 488. The lowest BCUT2D eigenvalue weighted by Crippen LogP contribution is -1.92. The van der Waals surface area contributed by atoms with Crippen molar-refractivity contribution >= 4 is 0 Å². The van der Waals surface area contributed by atoms with E-state index in [0.717, 1.165) is 16.9 Å². The fourth-order valence-corrected chi connectivity index (χ4v) is 1.73. The highest BCUT2D eigenvalue weighted by molar-refractivity contribution is 5.64. The van der Waals surface area contributed by atoms with Gasteiger partial charge >= 0.3 is 0 Å². The van der Waals surface area contributed by atoms with Gasteiger partial charge in [-0.05, 0) is 37.1 Å². The largest absolute Gasteiger partial charge is 0.494 e. The molecule has 1 aromatic heterocycles. The summed E-state index contributed by atoms with van der Waals surface area (Å²) < 4.78 is 7.33. The van der Waals surface area contributed by atoms with Crippen LogP contribution in [0.25, 0.3) is 11.1 Å². The van der Waals surface area contributed by atoms with Crippen molar-refractivity contribution in [1.82, 2.24) is 9.78 Å². The van der Waals surface area contributed by atoms with Crippen molar-refractivity contribution in [3.05, 3.63) is 36.2 Å². The van der Waals surface area contributed by atoms with Crippen molar-refractivity contribution in [2.75, 3.05) is 6.61 Å². The van der Waals surface area contributed by atoms with E-state index in [2.05, 4.69) is 18.1 Å². The second kappa shape index (κ2) is 4.39. The summed E-state index contributed by atoms with van der Waals surface area (Å²) in [7, 11) is 1.92. The maximum absolute atomic E-state index is 5.53. The van der Waals surface area contributed by atoms with E-state index < -0.39 is 0 Å². The third-order valence-corrected chi connectivity index (χ3v) is 2.40. The Morgan fingerprint density at radius 2 is 2.06 bits per heavy atom. The molecule has 2 rings (SSSR count). The molecule has 0 saturated carbocycles. The molecule has 0 aliphatic carbocycles. The Hall–Kier alpha value is -1.77. The van der Waals surface area contributed by atoms with E-state index >= 15 is 0 Å². The number of ether oxygens (including phenoxy) is 1. The van der Waals surface area contributed by atoms with Crippen LogP contribution in [0.4, 0.5) is 0 Å². The van der Waals surface area contributed by atoms with Crippen molar-refractivity contribution in [1.29, 1.82) is 0 Å². The molecule has 0 aliphatic rings. The fourth-order valence-electron chi connectivity index (χ4n) is 1.73. The lowest BCUT2D eigenvalue weighted by Gasteiger charge is -2.06. The number of aryl methyl sites for hydroxylation is 2. The highest BCUT2D eigenvalue weighted by Crippen LogP contribution is 2.25. The van der Waals surface area contributed by atoms with Gasteiger partial charge in [0.1, 0.15) is 5.75 Å². The van der Waals surface area contributed by atoms with E-state index in [4.69, 9.17) is 4.74 Å². The van der Waals surface area contributed by atoms with Crippen molar-refractivity contribution < 1.29 is 4.74 Å².